The molecule has 140 valence electrons. The first-order chi connectivity index (χ1) is 12.4. The van der Waals surface area contributed by atoms with E-state index in [9.17, 15) is 24.5 Å². The van der Waals surface area contributed by atoms with Gasteiger partial charge in [-0.15, -0.1) is 0 Å². The molecule has 0 N–H and O–H groups in total. The SMILES string of the molecule is CCOC(=O)CC[C@@H](C(=O)OCC)n1sc2cc([N+](=O)[O-])ccc2c1=O. The van der Waals surface area contributed by atoms with E-state index in [0.29, 0.717) is 4.70 Å². The highest BCUT2D eigenvalue weighted by molar-refractivity contribution is 7.14. The summed E-state index contributed by atoms with van der Waals surface area (Å²) in [5.41, 5.74) is -0.605. The van der Waals surface area contributed by atoms with E-state index in [0.717, 1.165) is 11.5 Å². The molecule has 1 aromatic heterocycles. The van der Waals surface area contributed by atoms with E-state index >= 15 is 0 Å². The van der Waals surface area contributed by atoms with E-state index in [-0.39, 0.29) is 37.1 Å². The van der Waals surface area contributed by atoms with E-state index < -0.39 is 28.5 Å². The molecule has 0 saturated heterocycles. The maximum Gasteiger partial charge on any atom is 0.330 e. The van der Waals surface area contributed by atoms with Crippen LogP contribution in [-0.2, 0) is 19.1 Å². The van der Waals surface area contributed by atoms with Crippen molar-refractivity contribution < 1.29 is 24.0 Å². The Kier molecular flexibility index (Phi) is 6.45. The van der Waals surface area contributed by atoms with Gasteiger partial charge in [-0.3, -0.25) is 19.7 Å². The lowest BCUT2D eigenvalue weighted by atomic mass is 10.1. The smallest absolute Gasteiger partial charge is 0.330 e. The summed E-state index contributed by atoms with van der Waals surface area (Å²) < 4.78 is 11.4. The largest absolute Gasteiger partial charge is 0.466 e. The molecule has 0 bridgehead atoms. The van der Waals surface area contributed by atoms with Crippen molar-refractivity contribution in [3.63, 3.8) is 0 Å². The van der Waals surface area contributed by atoms with Crippen molar-refractivity contribution in [1.82, 2.24) is 3.96 Å². The van der Waals surface area contributed by atoms with Gasteiger partial charge >= 0.3 is 11.9 Å². The lowest BCUT2D eigenvalue weighted by molar-refractivity contribution is -0.384. The van der Waals surface area contributed by atoms with Crippen molar-refractivity contribution in [2.75, 3.05) is 13.2 Å². The standard InChI is InChI=1S/C16H18N2O7S/c1-3-24-14(19)8-7-12(16(21)25-4-2)17-15(20)11-6-5-10(18(22)23)9-13(11)26-17/h5-6,9,12H,3-4,7-8H2,1-2H3/t12-/m0/s1. The molecule has 0 spiro atoms. The average Bonchev–Trinajstić information content (AvgIpc) is 2.92. The molecule has 0 aliphatic rings. The number of hydrogen-bond acceptors (Lipinski definition) is 8. The van der Waals surface area contributed by atoms with Crippen LogP contribution >= 0.6 is 11.5 Å². The van der Waals surface area contributed by atoms with Gasteiger partial charge in [0.1, 0.15) is 6.04 Å². The molecule has 0 fully saturated rings. The van der Waals surface area contributed by atoms with Crippen molar-refractivity contribution in [2.24, 2.45) is 0 Å². The maximum atomic E-state index is 12.6. The highest BCUT2D eigenvalue weighted by Crippen LogP contribution is 2.27. The lowest BCUT2D eigenvalue weighted by Crippen LogP contribution is -2.28. The molecule has 0 aliphatic carbocycles. The highest BCUT2D eigenvalue weighted by Gasteiger charge is 2.27. The Labute approximate surface area is 152 Å². The Hall–Kier alpha value is -2.75. The van der Waals surface area contributed by atoms with Gasteiger partial charge in [-0.05, 0) is 26.3 Å². The molecular weight excluding hydrogens is 364 g/mol. The van der Waals surface area contributed by atoms with Crippen molar-refractivity contribution in [3.05, 3.63) is 38.7 Å². The number of carbonyl (C=O) groups excluding carboxylic acids is 2. The van der Waals surface area contributed by atoms with Gasteiger partial charge in [-0.25, -0.2) is 8.75 Å². The zero-order valence-corrected chi connectivity index (χ0v) is 15.1. The number of non-ortho nitro benzene ring substituents is 1. The topological polar surface area (TPSA) is 118 Å². The van der Waals surface area contributed by atoms with E-state index in [1.54, 1.807) is 13.8 Å². The van der Waals surface area contributed by atoms with Gasteiger partial charge in [0.2, 0.25) is 0 Å². The average molecular weight is 382 g/mol. The normalized spacial score (nSPS) is 11.9. The zero-order chi connectivity index (χ0) is 19.3. The summed E-state index contributed by atoms with van der Waals surface area (Å²) in [4.78, 5) is 46.8. The fourth-order valence-corrected chi connectivity index (χ4v) is 3.54. The van der Waals surface area contributed by atoms with Gasteiger partial charge in [0, 0.05) is 18.6 Å². The third-order valence-electron chi connectivity index (χ3n) is 3.57. The van der Waals surface area contributed by atoms with Gasteiger partial charge < -0.3 is 9.47 Å². The van der Waals surface area contributed by atoms with Crippen molar-refractivity contribution >= 4 is 39.2 Å². The summed E-state index contributed by atoms with van der Waals surface area (Å²) in [5.74, 6) is -1.12. The number of benzene rings is 1. The number of ether oxygens (including phenoxy) is 2. The highest BCUT2D eigenvalue weighted by atomic mass is 32.1. The fourth-order valence-electron chi connectivity index (χ4n) is 2.41. The summed E-state index contributed by atoms with van der Waals surface area (Å²) >= 11 is 0.930. The number of rotatable bonds is 8. The number of nitrogens with zero attached hydrogens (tertiary/aromatic N) is 2. The Morgan fingerprint density at radius 3 is 2.58 bits per heavy atom. The van der Waals surface area contributed by atoms with Crippen LogP contribution in [-0.4, -0.2) is 34.0 Å². The molecule has 0 amide bonds. The lowest BCUT2D eigenvalue weighted by Gasteiger charge is -2.15. The fraction of sp³-hybridized carbons (Fsp3) is 0.438. The summed E-state index contributed by atoms with van der Waals surface area (Å²) in [6.07, 6.45) is -0.0232. The molecule has 10 heteroatoms. The molecule has 26 heavy (non-hydrogen) atoms. The van der Waals surface area contributed by atoms with Crippen LogP contribution in [0.5, 0.6) is 0 Å². The molecule has 0 aliphatic heterocycles. The molecule has 0 radical (unpaired) electrons. The maximum absolute atomic E-state index is 12.6. The van der Waals surface area contributed by atoms with Gasteiger partial charge in [-0.2, -0.15) is 0 Å². The first-order valence-corrected chi connectivity index (χ1v) is 8.78. The number of esters is 2. The number of hydrogen-bond donors (Lipinski definition) is 0. The van der Waals surface area contributed by atoms with Crippen LogP contribution in [0.25, 0.3) is 10.1 Å². The minimum atomic E-state index is -0.997. The van der Waals surface area contributed by atoms with Crippen LogP contribution in [0.4, 0.5) is 5.69 Å². The van der Waals surface area contributed by atoms with Crippen LogP contribution in [0.15, 0.2) is 23.0 Å². The third-order valence-corrected chi connectivity index (χ3v) is 4.72. The van der Waals surface area contributed by atoms with Crippen molar-refractivity contribution in [1.29, 1.82) is 0 Å². The predicted molar refractivity (Wildman–Crippen MR) is 94.3 cm³/mol. The minimum absolute atomic E-state index is 0.0342. The molecule has 1 heterocycles. The Balaban J connectivity index is 2.41. The zero-order valence-electron chi connectivity index (χ0n) is 14.3. The summed E-state index contributed by atoms with van der Waals surface area (Å²) in [7, 11) is 0. The number of fused-ring (bicyclic) bond motifs is 1. The Bertz CT molecular complexity index is 886. The van der Waals surface area contributed by atoms with Gasteiger partial charge in [0.25, 0.3) is 11.2 Å². The van der Waals surface area contributed by atoms with E-state index in [2.05, 4.69) is 0 Å². The molecule has 1 atom stereocenters. The van der Waals surface area contributed by atoms with Crippen LogP contribution < -0.4 is 5.56 Å². The molecule has 2 rings (SSSR count). The molecule has 9 nitrogen and oxygen atoms in total. The minimum Gasteiger partial charge on any atom is -0.466 e. The quantitative estimate of drug-likeness (QED) is 0.391. The molecular formula is C16H18N2O7S. The summed E-state index contributed by atoms with van der Waals surface area (Å²) in [6, 6.07) is 2.88. The van der Waals surface area contributed by atoms with Gasteiger partial charge in [-0.1, -0.05) is 11.5 Å². The number of nitro benzene ring substituents is 1. The second-order valence-corrected chi connectivity index (χ2v) is 6.29. The van der Waals surface area contributed by atoms with Crippen LogP contribution in [0, 0.1) is 10.1 Å². The number of nitro groups is 1. The third kappa shape index (κ3) is 4.26. The predicted octanol–water partition coefficient (Wildman–Crippen LogP) is 2.42. The summed E-state index contributed by atoms with van der Waals surface area (Å²) in [6.45, 7) is 3.65. The number of aromatic nitrogens is 1. The van der Waals surface area contributed by atoms with Crippen LogP contribution in [0.1, 0.15) is 32.7 Å². The Morgan fingerprint density at radius 1 is 1.27 bits per heavy atom. The van der Waals surface area contributed by atoms with Crippen LogP contribution in [0.2, 0.25) is 0 Å². The second kappa shape index (κ2) is 8.56. The number of carbonyl (C=O) groups is 2. The molecule has 0 saturated carbocycles. The van der Waals surface area contributed by atoms with Crippen LogP contribution in [0.3, 0.4) is 0 Å². The monoisotopic (exact) mass is 382 g/mol. The molecule has 1 aromatic carbocycles. The van der Waals surface area contributed by atoms with E-state index in [1.807, 2.05) is 0 Å². The Morgan fingerprint density at radius 2 is 1.96 bits per heavy atom. The van der Waals surface area contributed by atoms with Crippen molar-refractivity contribution in [2.45, 2.75) is 32.7 Å². The second-order valence-electron chi connectivity index (χ2n) is 5.27. The van der Waals surface area contributed by atoms with E-state index in [4.69, 9.17) is 9.47 Å². The summed E-state index contributed by atoms with van der Waals surface area (Å²) in [5, 5.41) is 11.2. The molecule has 0 unspecified atom stereocenters. The van der Waals surface area contributed by atoms with Gasteiger partial charge in [0.05, 0.1) is 28.2 Å². The van der Waals surface area contributed by atoms with Gasteiger partial charge in [0.15, 0.2) is 0 Å². The first kappa shape index (κ1) is 19.6. The van der Waals surface area contributed by atoms with E-state index in [1.165, 1.54) is 22.2 Å². The first-order valence-electron chi connectivity index (χ1n) is 8.01. The molecule has 2 aromatic rings. The van der Waals surface area contributed by atoms with Crippen molar-refractivity contribution in [3.8, 4) is 0 Å².